The highest BCUT2D eigenvalue weighted by Crippen LogP contribution is 2.15. The third-order valence-corrected chi connectivity index (χ3v) is 2.92. The number of carboxylic acid groups (broad SMARTS) is 1. The van der Waals surface area contributed by atoms with Gasteiger partial charge in [0.25, 0.3) is 0 Å². The maximum absolute atomic E-state index is 11.2. The van der Waals surface area contributed by atoms with Crippen molar-refractivity contribution in [2.45, 2.75) is 13.0 Å². The highest BCUT2D eigenvalue weighted by atomic mass is 16.6. The monoisotopic (exact) mass is 285 g/mol. The molecule has 108 valence electrons. The lowest BCUT2D eigenvalue weighted by molar-refractivity contribution is 0.134. The van der Waals surface area contributed by atoms with E-state index in [9.17, 15) is 9.59 Å². The number of hydrogen-bond donors (Lipinski definition) is 2. The zero-order chi connectivity index (χ0) is 15.1. The minimum Gasteiger partial charge on any atom is -0.465 e. The number of rotatable bonds is 4. The zero-order valence-electron chi connectivity index (χ0n) is 11.3. The predicted molar refractivity (Wildman–Crippen MR) is 77.0 cm³/mol. The molecule has 0 bridgehead atoms. The SMILES string of the molecule is O=C(O)NC(=O)OCc1ccccc1Cc1ccccc1. The van der Waals surface area contributed by atoms with E-state index in [1.54, 1.807) is 5.32 Å². The summed E-state index contributed by atoms with van der Waals surface area (Å²) in [7, 11) is 0. The molecule has 0 heterocycles. The molecule has 0 aliphatic rings. The number of imide groups is 1. The molecule has 5 heteroatoms. The maximum Gasteiger partial charge on any atom is 0.416 e. The molecule has 0 fully saturated rings. The molecule has 2 rings (SSSR count). The van der Waals surface area contributed by atoms with Crippen molar-refractivity contribution in [1.29, 1.82) is 0 Å². The lowest BCUT2D eigenvalue weighted by Gasteiger charge is -2.10. The van der Waals surface area contributed by atoms with Crippen molar-refractivity contribution in [3.8, 4) is 0 Å². The standard InChI is InChI=1S/C16H15NO4/c18-15(19)17-16(20)21-11-14-9-5-4-8-13(14)10-12-6-2-1-3-7-12/h1-9H,10-11H2,(H,17,20)(H,18,19). The van der Waals surface area contributed by atoms with Crippen LogP contribution in [0.5, 0.6) is 0 Å². The minimum atomic E-state index is -1.43. The zero-order valence-corrected chi connectivity index (χ0v) is 11.3. The lowest BCUT2D eigenvalue weighted by Crippen LogP contribution is -2.29. The van der Waals surface area contributed by atoms with Crippen LogP contribution in [0.3, 0.4) is 0 Å². The van der Waals surface area contributed by atoms with Crippen LogP contribution in [-0.2, 0) is 17.8 Å². The predicted octanol–water partition coefficient (Wildman–Crippen LogP) is 3.18. The molecule has 0 atom stereocenters. The molecular formula is C16H15NO4. The van der Waals surface area contributed by atoms with Gasteiger partial charge in [0.15, 0.2) is 0 Å². The Bertz CT molecular complexity index is 625. The van der Waals surface area contributed by atoms with Gasteiger partial charge in [-0.15, -0.1) is 0 Å². The third-order valence-electron chi connectivity index (χ3n) is 2.92. The van der Waals surface area contributed by atoms with Crippen molar-refractivity contribution in [3.05, 3.63) is 71.3 Å². The molecular weight excluding hydrogens is 270 g/mol. The molecule has 2 aromatic carbocycles. The quantitative estimate of drug-likeness (QED) is 0.904. The van der Waals surface area contributed by atoms with Crippen LogP contribution in [0.15, 0.2) is 54.6 Å². The van der Waals surface area contributed by atoms with Crippen molar-refractivity contribution >= 4 is 12.2 Å². The third kappa shape index (κ3) is 4.65. The molecule has 2 aromatic rings. The largest absolute Gasteiger partial charge is 0.465 e. The molecule has 0 aliphatic carbocycles. The fourth-order valence-electron chi connectivity index (χ4n) is 1.95. The smallest absolute Gasteiger partial charge is 0.416 e. The number of benzene rings is 2. The average Bonchev–Trinajstić information content (AvgIpc) is 2.47. The normalized spacial score (nSPS) is 9.90. The van der Waals surface area contributed by atoms with Gasteiger partial charge >= 0.3 is 12.2 Å². The van der Waals surface area contributed by atoms with E-state index in [0.29, 0.717) is 0 Å². The summed E-state index contributed by atoms with van der Waals surface area (Å²) in [6.45, 7) is 0.0299. The summed E-state index contributed by atoms with van der Waals surface area (Å²) in [4.78, 5) is 21.5. The van der Waals surface area contributed by atoms with Crippen LogP contribution >= 0.6 is 0 Å². The Morgan fingerprint density at radius 1 is 0.952 bits per heavy atom. The van der Waals surface area contributed by atoms with Crippen LogP contribution in [-0.4, -0.2) is 17.3 Å². The van der Waals surface area contributed by atoms with E-state index in [4.69, 9.17) is 9.84 Å². The van der Waals surface area contributed by atoms with E-state index < -0.39 is 12.2 Å². The number of amides is 2. The molecule has 0 radical (unpaired) electrons. The highest BCUT2D eigenvalue weighted by Gasteiger charge is 2.09. The van der Waals surface area contributed by atoms with E-state index in [1.807, 2.05) is 54.6 Å². The van der Waals surface area contributed by atoms with E-state index >= 15 is 0 Å². The second-order valence-electron chi connectivity index (χ2n) is 4.44. The van der Waals surface area contributed by atoms with Gasteiger partial charge in [0.05, 0.1) is 0 Å². The van der Waals surface area contributed by atoms with Gasteiger partial charge in [-0.25, -0.2) is 14.9 Å². The van der Waals surface area contributed by atoms with Gasteiger partial charge < -0.3 is 9.84 Å². The van der Waals surface area contributed by atoms with Crippen LogP contribution < -0.4 is 5.32 Å². The van der Waals surface area contributed by atoms with Gasteiger partial charge in [0.1, 0.15) is 6.61 Å². The molecule has 2 amide bonds. The van der Waals surface area contributed by atoms with Gasteiger partial charge in [-0.1, -0.05) is 54.6 Å². The average molecular weight is 285 g/mol. The van der Waals surface area contributed by atoms with Crippen LogP contribution in [0, 0.1) is 0 Å². The van der Waals surface area contributed by atoms with Gasteiger partial charge in [0.2, 0.25) is 0 Å². The number of nitrogens with one attached hydrogen (secondary N) is 1. The second-order valence-corrected chi connectivity index (χ2v) is 4.44. The van der Waals surface area contributed by atoms with Crippen molar-refractivity contribution < 1.29 is 19.4 Å². The Kier molecular flexibility index (Phi) is 4.93. The van der Waals surface area contributed by atoms with E-state index in [-0.39, 0.29) is 6.61 Å². The number of hydrogen-bond acceptors (Lipinski definition) is 3. The first kappa shape index (κ1) is 14.6. The molecule has 21 heavy (non-hydrogen) atoms. The van der Waals surface area contributed by atoms with Crippen LogP contribution in [0.1, 0.15) is 16.7 Å². The Morgan fingerprint density at radius 2 is 1.57 bits per heavy atom. The van der Waals surface area contributed by atoms with Crippen molar-refractivity contribution in [2.24, 2.45) is 0 Å². The van der Waals surface area contributed by atoms with Crippen molar-refractivity contribution in [2.75, 3.05) is 0 Å². The van der Waals surface area contributed by atoms with Gasteiger partial charge in [-0.3, -0.25) is 0 Å². The van der Waals surface area contributed by atoms with Crippen LogP contribution in [0.25, 0.3) is 0 Å². The number of ether oxygens (including phenoxy) is 1. The van der Waals surface area contributed by atoms with Crippen molar-refractivity contribution in [3.63, 3.8) is 0 Å². The van der Waals surface area contributed by atoms with Crippen LogP contribution in [0.2, 0.25) is 0 Å². The minimum absolute atomic E-state index is 0.0299. The Balaban J connectivity index is 2.03. The summed E-state index contributed by atoms with van der Waals surface area (Å²) in [6.07, 6.45) is -1.68. The van der Waals surface area contributed by atoms with Crippen molar-refractivity contribution in [1.82, 2.24) is 5.32 Å². The summed E-state index contributed by atoms with van der Waals surface area (Å²) < 4.78 is 4.89. The first-order valence-corrected chi connectivity index (χ1v) is 6.42. The van der Waals surface area contributed by atoms with Crippen LogP contribution in [0.4, 0.5) is 9.59 Å². The molecule has 0 saturated carbocycles. The molecule has 0 saturated heterocycles. The van der Waals surface area contributed by atoms with E-state index in [1.165, 1.54) is 0 Å². The molecule has 5 nitrogen and oxygen atoms in total. The number of carbonyl (C=O) groups is 2. The second kappa shape index (κ2) is 7.09. The van der Waals surface area contributed by atoms with Gasteiger partial charge in [-0.05, 0) is 23.1 Å². The topological polar surface area (TPSA) is 75.6 Å². The summed E-state index contributed by atoms with van der Waals surface area (Å²) in [5.74, 6) is 0. The maximum atomic E-state index is 11.2. The van der Waals surface area contributed by atoms with E-state index in [2.05, 4.69) is 0 Å². The molecule has 0 unspecified atom stereocenters. The molecule has 0 aromatic heterocycles. The Morgan fingerprint density at radius 3 is 2.24 bits per heavy atom. The number of carbonyl (C=O) groups excluding carboxylic acids is 1. The van der Waals surface area contributed by atoms with Gasteiger partial charge in [-0.2, -0.15) is 0 Å². The number of alkyl carbamates (subject to hydrolysis) is 1. The summed E-state index contributed by atoms with van der Waals surface area (Å²) in [6, 6.07) is 17.5. The van der Waals surface area contributed by atoms with E-state index in [0.717, 1.165) is 23.1 Å². The first-order valence-electron chi connectivity index (χ1n) is 6.42. The molecule has 2 N–H and O–H groups in total. The molecule has 0 spiro atoms. The Hall–Kier alpha value is -2.82. The highest BCUT2D eigenvalue weighted by molar-refractivity contribution is 5.86. The fourth-order valence-corrected chi connectivity index (χ4v) is 1.95. The Labute approximate surface area is 122 Å². The van der Waals surface area contributed by atoms with Gasteiger partial charge in [0, 0.05) is 0 Å². The first-order chi connectivity index (χ1) is 10.1. The summed E-state index contributed by atoms with van der Waals surface area (Å²) in [5.41, 5.74) is 3.04. The fraction of sp³-hybridized carbons (Fsp3) is 0.125. The summed E-state index contributed by atoms with van der Waals surface area (Å²) in [5, 5.41) is 10.1. The molecule has 0 aliphatic heterocycles. The lowest BCUT2D eigenvalue weighted by atomic mass is 10.0. The summed E-state index contributed by atoms with van der Waals surface area (Å²) >= 11 is 0.